The molecule has 2 amide bonds. The Morgan fingerprint density at radius 1 is 0.868 bits per heavy atom. The summed E-state index contributed by atoms with van der Waals surface area (Å²) in [5, 5.41) is 2.94. The van der Waals surface area contributed by atoms with Gasteiger partial charge in [0.25, 0.3) is 10.0 Å². The summed E-state index contributed by atoms with van der Waals surface area (Å²) in [6.45, 7) is 9.01. The first-order valence-corrected chi connectivity index (χ1v) is 14.3. The molecule has 3 aromatic rings. The number of aryl methyl sites for hydroxylation is 2. The molecular formula is C30H37N3O4S. The highest BCUT2D eigenvalue weighted by Gasteiger charge is 2.32. The zero-order valence-corrected chi connectivity index (χ0v) is 23.5. The van der Waals surface area contributed by atoms with Crippen LogP contribution in [0.5, 0.6) is 0 Å². The third-order valence-corrected chi connectivity index (χ3v) is 8.33. The minimum Gasteiger partial charge on any atom is -0.352 e. The van der Waals surface area contributed by atoms with Crippen LogP contribution in [0.2, 0.25) is 0 Å². The van der Waals surface area contributed by atoms with Gasteiger partial charge in [-0.1, -0.05) is 67.1 Å². The molecule has 0 aliphatic heterocycles. The topological polar surface area (TPSA) is 86.8 Å². The largest absolute Gasteiger partial charge is 0.352 e. The molecule has 0 saturated heterocycles. The van der Waals surface area contributed by atoms with E-state index in [1.165, 1.54) is 4.90 Å². The van der Waals surface area contributed by atoms with Gasteiger partial charge in [-0.2, -0.15) is 0 Å². The lowest BCUT2D eigenvalue weighted by Gasteiger charge is -2.32. The Hall–Kier alpha value is -3.65. The molecule has 7 nitrogen and oxygen atoms in total. The highest BCUT2D eigenvalue weighted by molar-refractivity contribution is 7.92. The molecular weight excluding hydrogens is 498 g/mol. The second-order valence-corrected chi connectivity index (χ2v) is 11.5. The summed E-state index contributed by atoms with van der Waals surface area (Å²) in [7, 11) is -4.07. The predicted molar refractivity (Wildman–Crippen MR) is 151 cm³/mol. The van der Waals surface area contributed by atoms with E-state index in [1.54, 1.807) is 49.4 Å². The summed E-state index contributed by atoms with van der Waals surface area (Å²) in [6.07, 6.45) is 0.751. The van der Waals surface area contributed by atoms with Gasteiger partial charge >= 0.3 is 0 Å². The number of carbonyl (C=O) groups excluding carboxylic acids is 2. The average molecular weight is 536 g/mol. The SMILES string of the molecule is CC[C@@H](C)NC(=O)[C@@H](C)N(Cc1ccccc1)C(=O)CN(c1cccc(C)c1)S(=O)(=O)c1ccc(C)cc1. The Labute approximate surface area is 226 Å². The van der Waals surface area contributed by atoms with Crippen LogP contribution in [-0.4, -0.2) is 43.8 Å². The monoisotopic (exact) mass is 535 g/mol. The summed E-state index contributed by atoms with van der Waals surface area (Å²) in [4.78, 5) is 28.5. The Kier molecular flexibility index (Phi) is 9.69. The normalized spacial score (nSPS) is 12.9. The Bertz CT molecular complexity index is 1340. The van der Waals surface area contributed by atoms with Crippen LogP contribution in [0.1, 0.15) is 43.9 Å². The molecule has 0 unspecified atom stereocenters. The van der Waals surface area contributed by atoms with E-state index in [4.69, 9.17) is 0 Å². The second-order valence-electron chi connectivity index (χ2n) is 9.66. The van der Waals surface area contributed by atoms with Crippen molar-refractivity contribution in [3.05, 3.63) is 95.6 Å². The number of nitrogens with one attached hydrogen (secondary N) is 1. The molecule has 3 aromatic carbocycles. The Balaban J connectivity index is 2.01. The number of hydrogen-bond donors (Lipinski definition) is 1. The van der Waals surface area contributed by atoms with Crippen LogP contribution < -0.4 is 9.62 Å². The van der Waals surface area contributed by atoms with E-state index in [1.807, 2.05) is 64.1 Å². The second kappa shape index (κ2) is 12.7. The fourth-order valence-electron chi connectivity index (χ4n) is 3.98. The molecule has 0 aliphatic carbocycles. The first-order chi connectivity index (χ1) is 18.0. The lowest BCUT2D eigenvalue weighted by Crippen LogP contribution is -2.52. The minimum atomic E-state index is -4.07. The maximum absolute atomic E-state index is 13.9. The Morgan fingerprint density at radius 3 is 2.13 bits per heavy atom. The van der Waals surface area contributed by atoms with Crippen molar-refractivity contribution < 1.29 is 18.0 Å². The molecule has 0 bridgehead atoms. The van der Waals surface area contributed by atoms with Crippen molar-refractivity contribution in [3.63, 3.8) is 0 Å². The van der Waals surface area contributed by atoms with Gasteiger partial charge in [0.2, 0.25) is 11.8 Å². The van der Waals surface area contributed by atoms with Crippen LogP contribution in [-0.2, 0) is 26.2 Å². The molecule has 202 valence electrons. The lowest BCUT2D eigenvalue weighted by atomic mass is 10.1. The standard InChI is InChI=1S/C30H37N3O4S/c1-6-24(4)31-30(35)25(5)32(20-26-12-8-7-9-13-26)29(34)21-33(27-14-10-11-23(3)19-27)38(36,37)28-17-15-22(2)16-18-28/h7-19,24-25H,6,20-21H2,1-5H3,(H,31,35)/t24-,25-/m1/s1. The quantitative estimate of drug-likeness (QED) is 0.381. The van der Waals surface area contributed by atoms with Gasteiger partial charge in [0.05, 0.1) is 10.6 Å². The number of carbonyl (C=O) groups is 2. The summed E-state index contributed by atoms with van der Waals surface area (Å²) < 4.78 is 28.8. The van der Waals surface area contributed by atoms with E-state index < -0.39 is 28.5 Å². The Morgan fingerprint density at radius 2 is 1.53 bits per heavy atom. The zero-order chi connectivity index (χ0) is 27.9. The van der Waals surface area contributed by atoms with Crippen LogP contribution in [0, 0.1) is 13.8 Å². The smallest absolute Gasteiger partial charge is 0.264 e. The van der Waals surface area contributed by atoms with Gasteiger partial charge < -0.3 is 10.2 Å². The molecule has 0 radical (unpaired) electrons. The molecule has 0 saturated carbocycles. The van der Waals surface area contributed by atoms with Crippen molar-refractivity contribution in [2.75, 3.05) is 10.8 Å². The molecule has 0 heterocycles. The van der Waals surface area contributed by atoms with Crippen molar-refractivity contribution in [1.82, 2.24) is 10.2 Å². The fourth-order valence-corrected chi connectivity index (χ4v) is 5.38. The molecule has 0 aromatic heterocycles. The van der Waals surface area contributed by atoms with Crippen LogP contribution in [0.25, 0.3) is 0 Å². The number of anilines is 1. The van der Waals surface area contributed by atoms with Crippen molar-refractivity contribution in [1.29, 1.82) is 0 Å². The van der Waals surface area contributed by atoms with Crippen LogP contribution in [0.4, 0.5) is 5.69 Å². The summed E-state index contributed by atoms with van der Waals surface area (Å²) in [6, 6.07) is 22.1. The summed E-state index contributed by atoms with van der Waals surface area (Å²) in [5.74, 6) is -0.759. The highest BCUT2D eigenvalue weighted by atomic mass is 32.2. The number of hydrogen-bond acceptors (Lipinski definition) is 4. The fraction of sp³-hybridized carbons (Fsp3) is 0.333. The van der Waals surface area contributed by atoms with Crippen molar-refractivity contribution in [2.24, 2.45) is 0 Å². The third-order valence-electron chi connectivity index (χ3n) is 6.54. The number of nitrogens with zero attached hydrogens (tertiary/aromatic N) is 2. The van der Waals surface area contributed by atoms with E-state index >= 15 is 0 Å². The van der Waals surface area contributed by atoms with E-state index in [0.29, 0.717) is 5.69 Å². The van der Waals surface area contributed by atoms with Crippen molar-refractivity contribution in [3.8, 4) is 0 Å². The minimum absolute atomic E-state index is 0.0515. The van der Waals surface area contributed by atoms with E-state index in [2.05, 4.69) is 5.32 Å². The van der Waals surface area contributed by atoms with Gasteiger partial charge in [-0.25, -0.2) is 8.42 Å². The van der Waals surface area contributed by atoms with Gasteiger partial charge in [-0.3, -0.25) is 13.9 Å². The zero-order valence-electron chi connectivity index (χ0n) is 22.7. The number of sulfonamides is 1. The summed E-state index contributed by atoms with van der Waals surface area (Å²) >= 11 is 0. The number of amides is 2. The lowest BCUT2D eigenvalue weighted by molar-refractivity contribution is -0.139. The van der Waals surface area contributed by atoms with Crippen LogP contribution in [0.15, 0.2) is 83.8 Å². The molecule has 8 heteroatoms. The maximum atomic E-state index is 13.9. The van der Waals surface area contributed by atoms with E-state index in [-0.39, 0.29) is 23.4 Å². The molecule has 2 atom stereocenters. The maximum Gasteiger partial charge on any atom is 0.264 e. The number of rotatable bonds is 11. The first-order valence-electron chi connectivity index (χ1n) is 12.8. The van der Waals surface area contributed by atoms with Crippen molar-refractivity contribution >= 4 is 27.5 Å². The average Bonchev–Trinajstić information content (AvgIpc) is 2.90. The third kappa shape index (κ3) is 7.22. The predicted octanol–water partition coefficient (Wildman–Crippen LogP) is 4.83. The van der Waals surface area contributed by atoms with Gasteiger partial charge in [0.1, 0.15) is 12.6 Å². The number of benzene rings is 3. The first kappa shape index (κ1) is 28.9. The van der Waals surface area contributed by atoms with Gasteiger partial charge in [-0.15, -0.1) is 0 Å². The van der Waals surface area contributed by atoms with Crippen LogP contribution in [0.3, 0.4) is 0 Å². The highest BCUT2D eigenvalue weighted by Crippen LogP contribution is 2.25. The van der Waals surface area contributed by atoms with E-state index in [0.717, 1.165) is 27.4 Å². The van der Waals surface area contributed by atoms with Gasteiger partial charge in [0.15, 0.2) is 0 Å². The van der Waals surface area contributed by atoms with E-state index in [9.17, 15) is 18.0 Å². The van der Waals surface area contributed by atoms with Gasteiger partial charge in [0, 0.05) is 12.6 Å². The van der Waals surface area contributed by atoms with Crippen LogP contribution >= 0.6 is 0 Å². The van der Waals surface area contributed by atoms with Gasteiger partial charge in [-0.05, 0) is 69.5 Å². The molecule has 0 aliphatic rings. The molecule has 1 N–H and O–H groups in total. The molecule has 0 fully saturated rings. The molecule has 0 spiro atoms. The molecule has 38 heavy (non-hydrogen) atoms. The summed E-state index contributed by atoms with van der Waals surface area (Å²) in [5.41, 5.74) is 3.02. The molecule has 3 rings (SSSR count). The van der Waals surface area contributed by atoms with Crippen molar-refractivity contribution in [2.45, 2.75) is 64.6 Å².